The highest BCUT2D eigenvalue weighted by molar-refractivity contribution is 5.96. The van der Waals surface area contributed by atoms with Gasteiger partial charge in [-0.2, -0.15) is 5.10 Å². The molecular weight excluding hydrogens is 306 g/mol. The standard InChI is InChI=1S/C22H27N3/c1-14(2)18-13-23-20-15(8-7-10-16(18)20)12-22(3,4)21-17-9-5-6-11-19(17)24-25-21/h5-11,13-14,17,19,23-24H,12H2,1-4H3. The molecule has 2 N–H and O–H groups in total. The van der Waals surface area contributed by atoms with Crippen LogP contribution in [-0.4, -0.2) is 16.7 Å². The number of allylic oxidation sites excluding steroid dienone is 2. The lowest BCUT2D eigenvalue weighted by Crippen LogP contribution is -2.35. The SMILES string of the molecule is CC(C)c1c[nH]c2c(CC(C)(C)C3=NNC4C=CC=CC34)cccc12. The molecule has 1 aromatic carbocycles. The molecule has 25 heavy (non-hydrogen) atoms. The second-order valence-corrected chi connectivity index (χ2v) is 8.25. The predicted molar refractivity (Wildman–Crippen MR) is 106 cm³/mol. The highest BCUT2D eigenvalue weighted by Gasteiger charge is 2.38. The minimum atomic E-state index is -0.000671. The highest BCUT2D eigenvalue weighted by Crippen LogP contribution is 2.36. The second kappa shape index (κ2) is 5.91. The van der Waals surface area contributed by atoms with E-state index in [2.05, 4.69) is 86.8 Å². The summed E-state index contributed by atoms with van der Waals surface area (Å²) >= 11 is 0. The number of hydrogen-bond donors (Lipinski definition) is 2. The zero-order chi connectivity index (χ0) is 17.6. The van der Waals surface area contributed by atoms with Gasteiger partial charge < -0.3 is 10.4 Å². The van der Waals surface area contributed by atoms with Crippen LogP contribution >= 0.6 is 0 Å². The number of para-hydroxylation sites is 1. The fourth-order valence-electron chi connectivity index (χ4n) is 4.24. The number of benzene rings is 1. The van der Waals surface area contributed by atoms with Gasteiger partial charge in [-0.3, -0.25) is 0 Å². The van der Waals surface area contributed by atoms with Crippen molar-refractivity contribution in [3.8, 4) is 0 Å². The number of hydrazone groups is 1. The molecular formula is C22H27N3. The Balaban J connectivity index is 1.67. The second-order valence-electron chi connectivity index (χ2n) is 8.25. The van der Waals surface area contributed by atoms with Crippen LogP contribution in [0.1, 0.15) is 44.7 Å². The molecule has 130 valence electrons. The Morgan fingerprint density at radius 3 is 2.76 bits per heavy atom. The lowest BCUT2D eigenvalue weighted by molar-refractivity contribution is 0.500. The van der Waals surface area contributed by atoms with Gasteiger partial charge in [0.05, 0.1) is 11.8 Å². The minimum Gasteiger partial charge on any atom is -0.361 e. The van der Waals surface area contributed by atoms with Crippen molar-refractivity contribution in [3.05, 3.63) is 59.8 Å². The molecule has 1 aliphatic carbocycles. The van der Waals surface area contributed by atoms with Crippen molar-refractivity contribution in [3.63, 3.8) is 0 Å². The van der Waals surface area contributed by atoms with Gasteiger partial charge in [0, 0.05) is 28.4 Å². The van der Waals surface area contributed by atoms with Gasteiger partial charge in [-0.25, -0.2) is 0 Å². The first-order chi connectivity index (χ1) is 12.0. The molecule has 2 atom stereocenters. The van der Waals surface area contributed by atoms with Crippen molar-refractivity contribution in [1.82, 2.24) is 10.4 Å². The minimum absolute atomic E-state index is 0.000671. The number of fused-ring (bicyclic) bond motifs is 2. The molecule has 2 aromatic rings. The number of hydrogen-bond acceptors (Lipinski definition) is 2. The van der Waals surface area contributed by atoms with Crippen LogP contribution in [0, 0.1) is 11.3 Å². The summed E-state index contributed by atoms with van der Waals surface area (Å²) in [7, 11) is 0. The molecule has 0 radical (unpaired) electrons. The molecule has 0 spiro atoms. The summed E-state index contributed by atoms with van der Waals surface area (Å²) < 4.78 is 0. The molecule has 3 nitrogen and oxygen atoms in total. The molecule has 4 rings (SSSR count). The number of rotatable bonds is 4. The van der Waals surface area contributed by atoms with E-state index in [0.717, 1.165) is 6.42 Å². The maximum absolute atomic E-state index is 4.72. The summed E-state index contributed by atoms with van der Waals surface area (Å²) in [5.41, 5.74) is 8.60. The van der Waals surface area contributed by atoms with Gasteiger partial charge in [0.2, 0.25) is 0 Å². The molecule has 2 aliphatic rings. The lowest BCUT2D eigenvalue weighted by Gasteiger charge is -2.29. The van der Waals surface area contributed by atoms with Crippen molar-refractivity contribution in [1.29, 1.82) is 0 Å². The van der Waals surface area contributed by atoms with Crippen LogP contribution in [0.4, 0.5) is 0 Å². The van der Waals surface area contributed by atoms with Gasteiger partial charge in [0.1, 0.15) is 0 Å². The number of nitrogens with one attached hydrogen (secondary N) is 2. The van der Waals surface area contributed by atoms with Crippen LogP contribution in [0.25, 0.3) is 10.9 Å². The van der Waals surface area contributed by atoms with Crippen molar-refractivity contribution in [2.45, 2.75) is 46.1 Å². The van der Waals surface area contributed by atoms with Gasteiger partial charge in [-0.05, 0) is 23.5 Å². The van der Waals surface area contributed by atoms with E-state index in [1.54, 1.807) is 0 Å². The Morgan fingerprint density at radius 1 is 1.16 bits per heavy atom. The van der Waals surface area contributed by atoms with Gasteiger partial charge in [-0.15, -0.1) is 0 Å². The highest BCUT2D eigenvalue weighted by atomic mass is 15.3. The number of aromatic nitrogens is 1. The molecule has 0 bridgehead atoms. The average Bonchev–Trinajstić information content (AvgIpc) is 3.19. The predicted octanol–water partition coefficient (Wildman–Crippen LogP) is 4.93. The van der Waals surface area contributed by atoms with Crippen molar-refractivity contribution in [2.24, 2.45) is 16.4 Å². The molecule has 3 heteroatoms. The quantitative estimate of drug-likeness (QED) is 0.818. The van der Waals surface area contributed by atoms with Crippen LogP contribution < -0.4 is 5.43 Å². The summed E-state index contributed by atoms with van der Waals surface area (Å²) in [5.74, 6) is 0.898. The molecule has 2 unspecified atom stereocenters. The third-order valence-electron chi connectivity index (χ3n) is 5.57. The number of nitrogens with zero attached hydrogens (tertiary/aromatic N) is 1. The fraction of sp³-hybridized carbons (Fsp3) is 0.409. The van der Waals surface area contributed by atoms with E-state index in [-0.39, 0.29) is 5.41 Å². The third-order valence-corrected chi connectivity index (χ3v) is 5.57. The Kier molecular flexibility index (Phi) is 3.82. The van der Waals surface area contributed by atoms with E-state index in [1.165, 1.54) is 27.7 Å². The first-order valence-corrected chi connectivity index (χ1v) is 9.25. The van der Waals surface area contributed by atoms with E-state index >= 15 is 0 Å². The van der Waals surface area contributed by atoms with Gasteiger partial charge in [-0.1, -0.05) is 70.2 Å². The molecule has 2 heterocycles. The van der Waals surface area contributed by atoms with Gasteiger partial charge in [0.25, 0.3) is 0 Å². The summed E-state index contributed by atoms with van der Waals surface area (Å²) in [6.45, 7) is 9.13. The average molecular weight is 333 g/mol. The smallest absolute Gasteiger partial charge is 0.0739 e. The van der Waals surface area contributed by atoms with Gasteiger partial charge in [0.15, 0.2) is 0 Å². The maximum atomic E-state index is 4.72. The van der Waals surface area contributed by atoms with E-state index in [1.807, 2.05) is 0 Å². The van der Waals surface area contributed by atoms with Crippen LogP contribution in [0.3, 0.4) is 0 Å². The topological polar surface area (TPSA) is 40.2 Å². The Labute approximate surface area is 149 Å². The van der Waals surface area contributed by atoms with Crippen LogP contribution in [-0.2, 0) is 6.42 Å². The first kappa shape index (κ1) is 16.2. The first-order valence-electron chi connectivity index (χ1n) is 9.25. The summed E-state index contributed by atoms with van der Waals surface area (Å²) in [4.78, 5) is 3.53. The molecule has 0 fully saturated rings. The van der Waals surface area contributed by atoms with Crippen molar-refractivity contribution >= 4 is 16.6 Å². The van der Waals surface area contributed by atoms with Crippen LogP contribution in [0.2, 0.25) is 0 Å². The van der Waals surface area contributed by atoms with Crippen molar-refractivity contribution < 1.29 is 0 Å². The van der Waals surface area contributed by atoms with E-state index in [4.69, 9.17) is 5.10 Å². The summed E-state index contributed by atoms with van der Waals surface area (Å²) in [6, 6.07) is 6.99. The Hall–Kier alpha value is -2.29. The summed E-state index contributed by atoms with van der Waals surface area (Å²) in [6.07, 6.45) is 11.9. The van der Waals surface area contributed by atoms with E-state index in [9.17, 15) is 0 Å². The largest absolute Gasteiger partial charge is 0.361 e. The van der Waals surface area contributed by atoms with E-state index in [0.29, 0.717) is 17.9 Å². The Morgan fingerprint density at radius 2 is 1.96 bits per heavy atom. The van der Waals surface area contributed by atoms with E-state index < -0.39 is 0 Å². The number of aromatic amines is 1. The lowest BCUT2D eigenvalue weighted by atomic mass is 9.73. The normalized spacial score (nSPS) is 22.4. The molecule has 1 aromatic heterocycles. The Bertz CT molecular complexity index is 880. The zero-order valence-corrected chi connectivity index (χ0v) is 15.5. The molecule has 1 aliphatic heterocycles. The van der Waals surface area contributed by atoms with Crippen LogP contribution in [0.15, 0.2) is 53.8 Å². The van der Waals surface area contributed by atoms with Crippen molar-refractivity contribution in [2.75, 3.05) is 0 Å². The number of H-pyrrole nitrogens is 1. The monoisotopic (exact) mass is 333 g/mol. The third kappa shape index (κ3) is 2.72. The summed E-state index contributed by atoms with van der Waals surface area (Å²) in [5, 5.41) is 6.07. The molecule has 0 saturated carbocycles. The van der Waals surface area contributed by atoms with Crippen LogP contribution in [0.5, 0.6) is 0 Å². The molecule has 0 amide bonds. The maximum Gasteiger partial charge on any atom is 0.0739 e. The van der Waals surface area contributed by atoms with Gasteiger partial charge >= 0.3 is 0 Å². The molecule has 0 saturated heterocycles. The fourth-order valence-corrected chi connectivity index (χ4v) is 4.24. The zero-order valence-electron chi connectivity index (χ0n) is 15.5.